The highest BCUT2D eigenvalue weighted by Crippen LogP contribution is 2.37. The van der Waals surface area contributed by atoms with Gasteiger partial charge < -0.3 is 9.64 Å². The third kappa shape index (κ3) is 6.00. The summed E-state index contributed by atoms with van der Waals surface area (Å²) < 4.78 is 6.75. The summed E-state index contributed by atoms with van der Waals surface area (Å²) in [5.41, 5.74) is 2.27. The van der Waals surface area contributed by atoms with Gasteiger partial charge in [-0.25, -0.2) is 0 Å². The number of nitro groups is 1. The third-order valence-corrected chi connectivity index (χ3v) is 7.23. The van der Waals surface area contributed by atoms with E-state index in [1.54, 1.807) is 23.9 Å². The molecule has 0 saturated heterocycles. The number of hydrogen-bond donors (Lipinski definition) is 0. The lowest BCUT2D eigenvalue weighted by molar-refractivity contribution is -0.384. The molecule has 1 atom stereocenters. The minimum absolute atomic E-state index is 0.0682. The predicted octanol–water partition coefficient (Wildman–Crippen LogP) is 4.72. The van der Waals surface area contributed by atoms with Gasteiger partial charge in [0.1, 0.15) is 6.04 Å². The summed E-state index contributed by atoms with van der Waals surface area (Å²) in [6.07, 6.45) is 1.38. The number of carbonyl (C=O) groups is 1. The number of halogens is 1. The van der Waals surface area contributed by atoms with Gasteiger partial charge in [0.2, 0.25) is 0 Å². The van der Waals surface area contributed by atoms with E-state index in [-0.39, 0.29) is 18.1 Å². The number of aliphatic imine (C=N–C) groups is 1. The number of hydrogen-bond acceptors (Lipinski definition) is 9. The van der Waals surface area contributed by atoms with Gasteiger partial charge in [0.25, 0.3) is 5.69 Å². The molecular weight excluding hydrogens is 516 g/mol. The zero-order valence-electron chi connectivity index (χ0n) is 20.8. The van der Waals surface area contributed by atoms with Crippen molar-refractivity contribution in [3.05, 3.63) is 74.6 Å². The lowest BCUT2D eigenvalue weighted by atomic mass is 9.99. The van der Waals surface area contributed by atoms with Crippen LogP contribution in [0.4, 0.5) is 5.69 Å². The molecule has 0 saturated carbocycles. The summed E-state index contributed by atoms with van der Waals surface area (Å²) >= 11 is 8.13. The summed E-state index contributed by atoms with van der Waals surface area (Å²) in [5, 5.41) is 21.7. The summed E-state index contributed by atoms with van der Waals surface area (Å²) in [5.74, 6) is 0.997. The fraction of sp³-hybridized carbons (Fsp3) is 0.360. The zero-order chi connectivity index (χ0) is 26.5. The highest BCUT2D eigenvalue weighted by Gasteiger charge is 2.31. The first-order chi connectivity index (χ1) is 17.8. The standard InChI is InChI=1S/C25H27ClN6O4S/c1-30(2)13-6-14-37-25-29-28-24-20(10-12-22(33)36-3)27-23(17-7-4-5-8-19(17)26)18-15-16(32(34)35)9-11-21(18)31(24)25/h4-5,7-9,11,15,20H,6,10,12-14H2,1-3H3/t20-/m0/s1. The molecule has 0 radical (unpaired) electrons. The van der Waals surface area contributed by atoms with Crippen LogP contribution in [0.15, 0.2) is 52.6 Å². The van der Waals surface area contributed by atoms with Crippen molar-refractivity contribution in [1.29, 1.82) is 0 Å². The number of methoxy groups -OCH3 is 1. The molecule has 1 aliphatic heterocycles. The summed E-state index contributed by atoms with van der Waals surface area (Å²) in [7, 11) is 5.39. The molecule has 2 aromatic carbocycles. The van der Waals surface area contributed by atoms with Gasteiger partial charge >= 0.3 is 5.97 Å². The summed E-state index contributed by atoms with van der Waals surface area (Å²) in [6.45, 7) is 0.929. The lowest BCUT2D eigenvalue weighted by Gasteiger charge is -2.14. The van der Waals surface area contributed by atoms with Crippen LogP contribution in [-0.2, 0) is 9.53 Å². The number of ether oxygens (including phenoxy) is 1. The molecule has 0 unspecified atom stereocenters. The molecule has 37 heavy (non-hydrogen) atoms. The fourth-order valence-electron chi connectivity index (χ4n) is 4.08. The second kappa shape index (κ2) is 11.8. The van der Waals surface area contributed by atoms with Gasteiger partial charge in [-0.3, -0.25) is 24.5 Å². The van der Waals surface area contributed by atoms with Crippen molar-refractivity contribution in [2.24, 2.45) is 4.99 Å². The van der Waals surface area contributed by atoms with Gasteiger partial charge in [-0.05, 0) is 45.6 Å². The maximum Gasteiger partial charge on any atom is 0.305 e. The Morgan fingerprint density at radius 2 is 2.00 bits per heavy atom. The van der Waals surface area contributed by atoms with Gasteiger partial charge in [0.05, 0.1) is 23.4 Å². The molecule has 1 aliphatic rings. The molecule has 2 heterocycles. The Morgan fingerprint density at radius 1 is 1.22 bits per heavy atom. The first-order valence-electron chi connectivity index (χ1n) is 11.7. The minimum Gasteiger partial charge on any atom is -0.469 e. The van der Waals surface area contributed by atoms with E-state index in [4.69, 9.17) is 21.3 Å². The smallest absolute Gasteiger partial charge is 0.305 e. The second-order valence-corrected chi connectivity index (χ2v) is 10.2. The molecule has 0 N–H and O–H groups in total. The Hall–Kier alpha value is -3.28. The van der Waals surface area contributed by atoms with Crippen LogP contribution in [-0.4, -0.2) is 69.8 Å². The Morgan fingerprint density at radius 3 is 2.70 bits per heavy atom. The van der Waals surface area contributed by atoms with Crippen molar-refractivity contribution in [2.45, 2.75) is 30.5 Å². The van der Waals surface area contributed by atoms with Crippen molar-refractivity contribution < 1.29 is 14.5 Å². The SMILES string of the molecule is COC(=O)CC[C@@H]1N=C(c2ccccc2Cl)c2cc([N+](=O)[O-])ccc2-n2c(SCCCN(C)C)nnc21. The topological polar surface area (TPSA) is 116 Å². The number of benzene rings is 2. The van der Waals surface area contributed by atoms with Crippen molar-refractivity contribution in [1.82, 2.24) is 19.7 Å². The zero-order valence-corrected chi connectivity index (χ0v) is 22.3. The number of carbonyl (C=O) groups excluding carboxylic acids is 1. The number of rotatable bonds is 10. The fourth-order valence-corrected chi connectivity index (χ4v) is 5.19. The average Bonchev–Trinajstić information content (AvgIpc) is 3.24. The predicted molar refractivity (Wildman–Crippen MR) is 143 cm³/mol. The molecule has 0 bridgehead atoms. The number of esters is 1. The van der Waals surface area contributed by atoms with Crippen LogP contribution in [0.1, 0.15) is 42.3 Å². The van der Waals surface area contributed by atoms with Crippen LogP contribution < -0.4 is 0 Å². The van der Waals surface area contributed by atoms with Crippen molar-refractivity contribution in [2.75, 3.05) is 33.5 Å². The number of thioether (sulfide) groups is 1. The maximum atomic E-state index is 12.0. The number of nitro benzene ring substituents is 1. The van der Waals surface area contributed by atoms with Gasteiger partial charge in [-0.15, -0.1) is 10.2 Å². The van der Waals surface area contributed by atoms with E-state index in [9.17, 15) is 14.9 Å². The number of aromatic nitrogens is 3. The van der Waals surface area contributed by atoms with Crippen molar-refractivity contribution in [3.63, 3.8) is 0 Å². The number of fused-ring (bicyclic) bond motifs is 3. The Balaban J connectivity index is 1.89. The normalized spacial score (nSPS) is 14.5. The van der Waals surface area contributed by atoms with E-state index < -0.39 is 11.0 Å². The van der Waals surface area contributed by atoms with Crippen molar-refractivity contribution >= 4 is 40.7 Å². The highest BCUT2D eigenvalue weighted by molar-refractivity contribution is 7.99. The van der Waals surface area contributed by atoms with Crippen LogP contribution in [0.3, 0.4) is 0 Å². The molecule has 194 valence electrons. The van der Waals surface area contributed by atoms with E-state index in [1.165, 1.54) is 19.2 Å². The van der Waals surface area contributed by atoms with E-state index in [1.807, 2.05) is 36.9 Å². The first kappa shape index (κ1) is 26.8. The van der Waals surface area contributed by atoms with E-state index in [2.05, 4.69) is 15.1 Å². The molecule has 4 rings (SSSR count). The van der Waals surface area contributed by atoms with Crippen LogP contribution in [0.25, 0.3) is 5.69 Å². The van der Waals surface area contributed by atoms with Crippen LogP contribution in [0, 0.1) is 10.1 Å². The minimum atomic E-state index is -0.555. The second-order valence-electron chi connectivity index (χ2n) is 8.73. The molecule has 1 aromatic heterocycles. The highest BCUT2D eigenvalue weighted by atomic mass is 35.5. The molecule has 0 aliphatic carbocycles. The lowest BCUT2D eigenvalue weighted by Crippen LogP contribution is -2.13. The van der Waals surface area contributed by atoms with Crippen LogP contribution in [0.2, 0.25) is 5.02 Å². The monoisotopic (exact) mass is 542 g/mol. The molecule has 10 nitrogen and oxygen atoms in total. The third-order valence-electron chi connectivity index (χ3n) is 5.89. The van der Waals surface area contributed by atoms with Gasteiger partial charge in [-0.1, -0.05) is 41.6 Å². The Labute approximate surface area is 223 Å². The molecule has 12 heteroatoms. The van der Waals surface area contributed by atoms with Gasteiger partial charge in [0, 0.05) is 40.5 Å². The number of nitrogens with zero attached hydrogens (tertiary/aromatic N) is 6. The summed E-state index contributed by atoms with van der Waals surface area (Å²) in [6, 6.07) is 11.3. The Bertz CT molecular complexity index is 1340. The molecular formula is C25H27ClN6O4S. The molecule has 0 amide bonds. The Kier molecular flexibility index (Phi) is 8.57. The maximum absolute atomic E-state index is 12.0. The average molecular weight is 543 g/mol. The van der Waals surface area contributed by atoms with Crippen LogP contribution in [0.5, 0.6) is 0 Å². The van der Waals surface area contributed by atoms with Gasteiger partial charge in [-0.2, -0.15) is 0 Å². The number of non-ortho nitro benzene ring substituents is 1. The molecule has 0 spiro atoms. The van der Waals surface area contributed by atoms with E-state index in [0.717, 1.165) is 18.7 Å². The quantitative estimate of drug-likeness (QED) is 0.119. The van der Waals surface area contributed by atoms with E-state index in [0.29, 0.717) is 45.0 Å². The van der Waals surface area contributed by atoms with E-state index >= 15 is 0 Å². The molecule has 3 aromatic rings. The molecule has 0 fully saturated rings. The largest absolute Gasteiger partial charge is 0.469 e. The van der Waals surface area contributed by atoms with Gasteiger partial charge in [0.15, 0.2) is 11.0 Å². The summed E-state index contributed by atoms with van der Waals surface area (Å²) in [4.78, 5) is 30.4. The first-order valence-corrected chi connectivity index (χ1v) is 13.1. The van der Waals surface area contributed by atoms with Crippen molar-refractivity contribution in [3.8, 4) is 5.69 Å². The van der Waals surface area contributed by atoms with Crippen LogP contribution >= 0.6 is 23.4 Å².